The smallest absolute Gasteiger partial charge is 0.335 e. The van der Waals surface area contributed by atoms with Crippen molar-refractivity contribution in [2.24, 2.45) is 5.41 Å². The molecule has 1 aliphatic carbocycles. The Morgan fingerprint density at radius 1 is 1.32 bits per heavy atom. The largest absolute Gasteiger partial charge is 0.478 e. The molecular weight excluding hydrogens is 342 g/mol. The fourth-order valence-electron chi connectivity index (χ4n) is 4.41. The Morgan fingerprint density at radius 3 is 2.72 bits per heavy atom. The molecule has 0 bridgehead atoms. The molecule has 1 heterocycles. The Kier molecular flexibility index (Phi) is 4.92. The number of carbonyl (C=O) groups is 1. The number of piperidine rings is 1. The maximum Gasteiger partial charge on any atom is 0.335 e. The van der Waals surface area contributed by atoms with Gasteiger partial charge in [0.2, 0.25) is 10.0 Å². The van der Waals surface area contributed by atoms with Gasteiger partial charge in [-0.25, -0.2) is 13.2 Å². The van der Waals surface area contributed by atoms with Crippen molar-refractivity contribution in [3.8, 4) is 0 Å². The van der Waals surface area contributed by atoms with Crippen LogP contribution in [-0.2, 0) is 14.8 Å². The third kappa shape index (κ3) is 3.20. The predicted octanol–water partition coefficient (Wildman–Crippen LogP) is 2.66. The van der Waals surface area contributed by atoms with Crippen molar-refractivity contribution in [3.63, 3.8) is 0 Å². The molecule has 1 aliphatic heterocycles. The molecule has 138 valence electrons. The molecule has 2 atom stereocenters. The standard InChI is InChI=1S/C18H25NO5S/c1-13-6-7-14(17(20)21)11-15(13)25(22,23)19-10-4-9-18(12-19)8-3-5-16(18)24-2/h6-7,11,16H,3-5,8-10,12H2,1-2H3,(H,20,21)/t16-,18+/m1/s1. The average Bonchev–Trinajstić information content (AvgIpc) is 2.96. The Morgan fingerprint density at radius 2 is 2.04 bits per heavy atom. The van der Waals surface area contributed by atoms with Gasteiger partial charge >= 0.3 is 5.97 Å². The second kappa shape index (κ2) is 6.70. The predicted molar refractivity (Wildman–Crippen MR) is 93.2 cm³/mol. The molecule has 7 heteroatoms. The van der Waals surface area contributed by atoms with E-state index in [0.29, 0.717) is 18.7 Å². The van der Waals surface area contributed by atoms with Gasteiger partial charge in [-0.15, -0.1) is 0 Å². The van der Waals surface area contributed by atoms with E-state index in [4.69, 9.17) is 4.74 Å². The highest BCUT2D eigenvalue weighted by Gasteiger charge is 2.48. The van der Waals surface area contributed by atoms with Gasteiger partial charge in [0.1, 0.15) is 0 Å². The number of methoxy groups -OCH3 is 1. The molecular formula is C18H25NO5S. The molecule has 1 saturated heterocycles. The molecule has 0 radical (unpaired) electrons. The van der Waals surface area contributed by atoms with E-state index in [2.05, 4.69) is 0 Å². The van der Waals surface area contributed by atoms with Crippen LogP contribution in [0.2, 0.25) is 0 Å². The molecule has 0 unspecified atom stereocenters. The number of carboxylic acid groups (broad SMARTS) is 1. The molecule has 2 aliphatic rings. The van der Waals surface area contributed by atoms with Crippen LogP contribution in [0.3, 0.4) is 0 Å². The van der Waals surface area contributed by atoms with Crippen molar-refractivity contribution in [2.75, 3.05) is 20.2 Å². The molecule has 1 aromatic rings. The number of nitrogens with zero attached hydrogens (tertiary/aromatic N) is 1. The minimum atomic E-state index is -3.73. The molecule has 1 aromatic carbocycles. The lowest BCUT2D eigenvalue weighted by Crippen LogP contribution is -2.49. The fourth-order valence-corrected chi connectivity index (χ4v) is 6.24. The summed E-state index contributed by atoms with van der Waals surface area (Å²) in [6, 6.07) is 4.27. The highest BCUT2D eigenvalue weighted by Crippen LogP contribution is 2.47. The molecule has 2 fully saturated rings. The van der Waals surface area contributed by atoms with Crippen LogP contribution >= 0.6 is 0 Å². The van der Waals surface area contributed by atoms with E-state index in [9.17, 15) is 18.3 Å². The number of aryl methyl sites for hydroxylation is 1. The zero-order valence-electron chi connectivity index (χ0n) is 14.7. The van der Waals surface area contributed by atoms with Gasteiger partial charge in [-0.2, -0.15) is 4.31 Å². The maximum absolute atomic E-state index is 13.2. The van der Waals surface area contributed by atoms with E-state index in [-0.39, 0.29) is 22.0 Å². The summed E-state index contributed by atoms with van der Waals surface area (Å²) in [5, 5.41) is 9.19. The summed E-state index contributed by atoms with van der Waals surface area (Å²) < 4.78 is 33.6. The number of rotatable bonds is 4. The second-order valence-electron chi connectivity index (χ2n) is 7.21. The number of hydrogen-bond acceptors (Lipinski definition) is 4. The summed E-state index contributed by atoms with van der Waals surface area (Å²) in [4.78, 5) is 11.3. The first kappa shape index (κ1) is 18.4. The molecule has 25 heavy (non-hydrogen) atoms. The quantitative estimate of drug-likeness (QED) is 0.884. The average molecular weight is 367 g/mol. The molecule has 1 N–H and O–H groups in total. The maximum atomic E-state index is 13.2. The van der Waals surface area contributed by atoms with Crippen LogP contribution < -0.4 is 0 Å². The minimum Gasteiger partial charge on any atom is -0.478 e. The van der Waals surface area contributed by atoms with E-state index >= 15 is 0 Å². The first-order valence-electron chi connectivity index (χ1n) is 8.67. The summed E-state index contributed by atoms with van der Waals surface area (Å²) in [6.45, 7) is 2.62. The third-order valence-electron chi connectivity index (χ3n) is 5.73. The first-order valence-corrected chi connectivity index (χ1v) is 10.1. The van der Waals surface area contributed by atoms with Crippen LogP contribution in [0.25, 0.3) is 0 Å². The summed E-state index contributed by atoms with van der Waals surface area (Å²) in [7, 11) is -2.03. The second-order valence-corrected chi connectivity index (χ2v) is 9.11. The van der Waals surface area contributed by atoms with Crippen LogP contribution in [0.5, 0.6) is 0 Å². The minimum absolute atomic E-state index is 0.00784. The van der Waals surface area contributed by atoms with Crippen LogP contribution in [0, 0.1) is 12.3 Å². The summed E-state index contributed by atoms with van der Waals surface area (Å²) in [5.41, 5.74) is 0.448. The van der Waals surface area contributed by atoms with Gasteiger partial charge in [-0.3, -0.25) is 0 Å². The van der Waals surface area contributed by atoms with Crippen LogP contribution in [0.4, 0.5) is 0 Å². The van der Waals surface area contributed by atoms with Crippen molar-refractivity contribution in [2.45, 2.75) is 50.0 Å². The number of sulfonamides is 1. The van der Waals surface area contributed by atoms with Gasteiger partial charge in [0.05, 0.1) is 16.6 Å². The van der Waals surface area contributed by atoms with Crippen molar-refractivity contribution in [1.82, 2.24) is 4.31 Å². The zero-order chi connectivity index (χ0) is 18.2. The molecule has 0 amide bonds. The monoisotopic (exact) mass is 367 g/mol. The Labute approximate surface area is 148 Å². The topological polar surface area (TPSA) is 83.9 Å². The van der Waals surface area contributed by atoms with Gasteiger partial charge in [0.15, 0.2) is 0 Å². The lowest BCUT2D eigenvalue weighted by Gasteiger charge is -2.43. The summed E-state index contributed by atoms with van der Waals surface area (Å²) in [5.74, 6) is -1.12. The van der Waals surface area contributed by atoms with Crippen LogP contribution in [0.1, 0.15) is 48.0 Å². The lowest BCUT2D eigenvalue weighted by atomic mass is 9.77. The lowest BCUT2D eigenvalue weighted by molar-refractivity contribution is -0.0184. The van der Waals surface area contributed by atoms with E-state index in [1.54, 1.807) is 20.1 Å². The SMILES string of the molecule is CO[C@@H]1CCC[C@@]12CCCN(S(=O)(=O)c1cc(C(=O)O)ccc1C)C2. The number of ether oxygens (including phenoxy) is 1. The van der Waals surface area contributed by atoms with Crippen LogP contribution in [-0.4, -0.2) is 50.1 Å². The van der Waals surface area contributed by atoms with Gasteiger partial charge in [0.25, 0.3) is 0 Å². The van der Waals surface area contributed by atoms with Crippen molar-refractivity contribution >= 4 is 16.0 Å². The number of carboxylic acids is 1. The first-order chi connectivity index (χ1) is 11.8. The number of hydrogen-bond donors (Lipinski definition) is 1. The van der Waals surface area contributed by atoms with E-state index in [1.165, 1.54) is 16.4 Å². The highest BCUT2D eigenvalue weighted by molar-refractivity contribution is 7.89. The fraction of sp³-hybridized carbons (Fsp3) is 0.611. The molecule has 0 aromatic heterocycles. The third-order valence-corrected chi connectivity index (χ3v) is 7.72. The van der Waals surface area contributed by atoms with Crippen molar-refractivity contribution in [1.29, 1.82) is 0 Å². The van der Waals surface area contributed by atoms with Crippen LogP contribution in [0.15, 0.2) is 23.1 Å². The molecule has 1 spiro atoms. The van der Waals surface area contributed by atoms with Gasteiger partial charge in [-0.1, -0.05) is 12.5 Å². The van der Waals surface area contributed by atoms with Crippen molar-refractivity contribution < 1.29 is 23.1 Å². The molecule has 3 rings (SSSR count). The van der Waals surface area contributed by atoms with Gasteiger partial charge in [-0.05, 0) is 50.3 Å². The number of benzene rings is 1. The zero-order valence-corrected chi connectivity index (χ0v) is 15.5. The molecule has 6 nitrogen and oxygen atoms in total. The molecule has 1 saturated carbocycles. The normalized spacial score (nSPS) is 27.7. The Bertz CT molecular complexity index is 776. The van der Waals surface area contributed by atoms with Crippen molar-refractivity contribution in [3.05, 3.63) is 29.3 Å². The van der Waals surface area contributed by atoms with E-state index in [0.717, 1.165) is 32.1 Å². The van der Waals surface area contributed by atoms with Gasteiger partial charge in [0, 0.05) is 25.6 Å². The summed E-state index contributed by atoms with van der Waals surface area (Å²) in [6.07, 6.45) is 4.88. The summed E-state index contributed by atoms with van der Waals surface area (Å²) >= 11 is 0. The Balaban J connectivity index is 1.95. The Hall–Kier alpha value is -1.44. The van der Waals surface area contributed by atoms with E-state index in [1.807, 2.05) is 0 Å². The number of aromatic carboxylic acids is 1. The van der Waals surface area contributed by atoms with E-state index < -0.39 is 16.0 Å². The highest BCUT2D eigenvalue weighted by atomic mass is 32.2. The van der Waals surface area contributed by atoms with Gasteiger partial charge < -0.3 is 9.84 Å².